The summed E-state index contributed by atoms with van der Waals surface area (Å²) >= 11 is 0. The number of benzene rings is 3. The van der Waals surface area contributed by atoms with Crippen molar-refractivity contribution in [1.82, 2.24) is 14.5 Å². The van der Waals surface area contributed by atoms with E-state index < -0.39 is 35.9 Å². The second-order valence-corrected chi connectivity index (χ2v) is 9.50. The van der Waals surface area contributed by atoms with Gasteiger partial charge in [-0.1, -0.05) is 18.2 Å². The molecular formula is C31H31F4N3O4. The van der Waals surface area contributed by atoms with Gasteiger partial charge in [-0.2, -0.15) is 13.2 Å². The lowest BCUT2D eigenvalue weighted by Gasteiger charge is -2.31. The maximum Gasteiger partial charge on any atom is 0.419 e. The Morgan fingerprint density at radius 1 is 1.02 bits per heavy atom. The highest BCUT2D eigenvalue weighted by Gasteiger charge is 2.35. The summed E-state index contributed by atoms with van der Waals surface area (Å²) in [5.41, 5.74) is -0.872. The SMILES string of the molecule is CCOCCN(C(=O)Cc1ccc(F)c(C(F)(F)F)c1)[C@H](C)c1nc2ccccc2c(=O)n1-c1ccc(OCC)cc1. The van der Waals surface area contributed by atoms with E-state index in [1.807, 2.05) is 6.92 Å². The van der Waals surface area contributed by atoms with E-state index >= 15 is 0 Å². The number of ether oxygens (including phenoxy) is 2. The molecule has 222 valence electrons. The van der Waals surface area contributed by atoms with Gasteiger partial charge in [0.15, 0.2) is 0 Å². The molecule has 0 unspecified atom stereocenters. The highest BCUT2D eigenvalue weighted by atomic mass is 19.4. The summed E-state index contributed by atoms with van der Waals surface area (Å²) in [6, 6.07) is 15.4. The molecule has 0 saturated heterocycles. The lowest BCUT2D eigenvalue weighted by molar-refractivity contribution is -0.140. The van der Waals surface area contributed by atoms with Crippen LogP contribution in [0.15, 0.2) is 71.5 Å². The molecule has 1 aromatic heterocycles. The Morgan fingerprint density at radius 2 is 1.74 bits per heavy atom. The second-order valence-electron chi connectivity index (χ2n) is 9.50. The van der Waals surface area contributed by atoms with E-state index in [0.29, 0.717) is 47.7 Å². The Bertz CT molecular complexity index is 1600. The van der Waals surface area contributed by atoms with Gasteiger partial charge in [-0.05, 0) is 74.9 Å². The number of nitrogens with zero attached hydrogens (tertiary/aromatic N) is 3. The zero-order valence-electron chi connectivity index (χ0n) is 23.5. The van der Waals surface area contributed by atoms with Crippen molar-refractivity contribution < 1.29 is 31.8 Å². The highest BCUT2D eigenvalue weighted by molar-refractivity contribution is 5.80. The predicted octanol–water partition coefficient (Wildman–Crippen LogP) is 6.11. The minimum atomic E-state index is -4.91. The second kappa shape index (κ2) is 13.2. The van der Waals surface area contributed by atoms with Crippen molar-refractivity contribution in [2.45, 2.75) is 39.4 Å². The van der Waals surface area contributed by atoms with Gasteiger partial charge < -0.3 is 14.4 Å². The molecule has 7 nitrogen and oxygen atoms in total. The first kappa shape index (κ1) is 30.7. The number of hydrogen-bond donors (Lipinski definition) is 0. The summed E-state index contributed by atoms with van der Waals surface area (Å²) in [5, 5.41) is 0.375. The standard InChI is InChI=1S/C31H31F4N3O4/c1-4-41-17-16-37(28(39)19-21-10-15-26(32)25(18-21)31(33,34)35)20(3)29-36-27-9-7-6-8-24(27)30(40)38(29)22-11-13-23(14-12-22)42-5-2/h6-15,18,20H,4-5,16-17,19H2,1-3H3/t20-/m1/s1. The Morgan fingerprint density at radius 3 is 2.40 bits per heavy atom. The monoisotopic (exact) mass is 585 g/mol. The topological polar surface area (TPSA) is 73.7 Å². The lowest BCUT2D eigenvalue weighted by atomic mass is 10.1. The normalized spacial score (nSPS) is 12.4. The molecule has 0 bridgehead atoms. The molecule has 4 rings (SSSR count). The Balaban J connectivity index is 1.79. The first-order valence-corrected chi connectivity index (χ1v) is 13.5. The van der Waals surface area contributed by atoms with Crippen LogP contribution in [0.25, 0.3) is 16.6 Å². The third kappa shape index (κ3) is 6.79. The zero-order valence-corrected chi connectivity index (χ0v) is 23.5. The molecule has 0 aliphatic heterocycles. The van der Waals surface area contributed by atoms with Crippen LogP contribution in [0.5, 0.6) is 5.75 Å². The van der Waals surface area contributed by atoms with Gasteiger partial charge in [0.2, 0.25) is 5.91 Å². The molecular weight excluding hydrogens is 554 g/mol. The fourth-order valence-electron chi connectivity index (χ4n) is 4.69. The van der Waals surface area contributed by atoms with E-state index in [2.05, 4.69) is 0 Å². The molecule has 0 N–H and O–H groups in total. The summed E-state index contributed by atoms with van der Waals surface area (Å²) in [4.78, 5) is 33.6. The maximum atomic E-state index is 13.9. The molecule has 0 aliphatic carbocycles. The first-order chi connectivity index (χ1) is 20.0. The van der Waals surface area contributed by atoms with E-state index in [-0.39, 0.29) is 30.1 Å². The third-order valence-electron chi connectivity index (χ3n) is 6.74. The number of carbonyl (C=O) groups excluding carboxylic acids is 1. The summed E-state index contributed by atoms with van der Waals surface area (Å²) < 4.78 is 66.3. The van der Waals surface area contributed by atoms with Crippen molar-refractivity contribution in [2.24, 2.45) is 0 Å². The molecule has 0 saturated carbocycles. The van der Waals surface area contributed by atoms with Crippen molar-refractivity contribution in [3.8, 4) is 11.4 Å². The van der Waals surface area contributed by atoms with E-state index in [9.17, 15) is 27.2 Å². The lowest BCUT2D eigenvalue weighted by Crippen LogP contribution is -2.40. The van der Waals surface area contributed by atoms with Crippen molar-refractivity contribution in [1.29, 1.82) is 0 Å². The van der Waals surface area contributed by atoms with Crippen LogP contribution in [-0.4, -0.2) is 46.7 Å². The van der Waals surface area contributed by atoms with Crippen LogP contribution in [0.3, 0.4) is 0 Å². The van der Waals surface area contributed by atoms with Gasteiger partial charge in [-0.15, -0.1) is 0 Å². The van der Waals surface area contributed by atoms with Crippen LogP contribution in [-0.2, 0) is 22.1 Å². The van der Waals surface area contributed by atoms with Gasteiger partial charge in [0.25, 0.3) is 5.56 Å². The van der Waals surface area contributed by atoms with Gasteiger partial charge in [-0.3, -0.25) is 14.2 Å². The molecule has 1 atom stereocenters. The number of halogens is 4. The van der Waals surface area contributed by atoms with Gasteiger partial charge >= 0.3 is 6.18 Å². The molecule has 1 amide bonds. The summed E-state index contributed by atoms with van der Waals surface area (Å²) in [7, 11) is 0. The van der Waals surface area contributed by atoms with Crippen LogP contribution in [0.4, 0.5) is 17.6 Å². The average molecular weight is 586 g/mol. The minimum Gasteiger partial charge on any atom is -0.494 e. The first-order valence-electron chi connectivity index (χ1n) is 13.5. The number of aromatic nitrogens is 2. The number of para-hydroxylation sites is 1. The Labute approximate surface area is 240 Å². The molecule has 42 heavy (non-hydrogen) atoms. The van der Waals surface area contributed by atoms with Crippen LogP contribution in [0.2, 0.25) is 0 Å². The molecule has 1 heterocycles. The Hall–Kier alpha value is -4.25. The van der Waals surface area contributed by atoms with Crippen LogP contribution >= 0.6 is 0 Å². The van der Waals surface area contributed by atoms with Crippen LogP contribution in [0.1, 0.15) is 43.8 Å². The van der Waals surface area contributed by atoms with Crippen molar-refractivity contribution in [2.75, 3.05) is 26.4 Å². The number of rotatable bonds is 11. The minimum absolute atomic E-state index is 0.00212. The molecule has 4 aromatic rings. The zero-order chi connectivity index (χ0) is 30.4. The number of amides is 1. The summed E-state index contributed by atoms with van der Waals surface area (Å²) in [6.07, 6.45) is -5.34. The van der Waals surface area contributed by atoms with E-state index in [0.717, 1.165) is 6.07 Å². The van der Waals surface area contributed by atoms with Crippen LogP contribution < -0.4 is 10.3 Å². The molecule has 0 fully saturated rings. The predicted molar refractivity (Wildman–Crippen MR) is 150 cm³/mol. The van der Waals surface area contributed by atoms with Gasteiger partial charge in [0, 0.05) is 13.2 Å². The molecule has 0 spiro atoms. The molecule has 3 aromatic carbocycles. The largest absolute Gasteiger partial charge is 0.494 e. The maximum absolute atomic E-state index is 13.9. The number of carbonyl (C=O) groups is 1. The highest BCUT2D eigenvalue weighted by Crippen LogP contribution is 2.32. The smallest absolute Gasteiger partial charge is 0.419 e. The fourth-order valence-corrected chi connectivity index (χ4v) is 4.69. The summed E-state index contributed by atoms with van der Waals surface area (Å²) in [5.74, 6) is -1.09. The van der Waals surface area contributed by atoms with Crippen molar-refractivity contribution in [3.05, 3.63) is 99.9 Å². The van der Waals surface area contributed by atoms with Gasteiger partial charge in [0.05, 0.1) is 47.8 Å². The van der Waals surface area contributed by atoms with Crippen molar-refractivity contribution >= 4 is 16.8 Å². The van der Waals surface area contributed by atoms with Crippen LogP contribution in [0, 0.1) is 5.82 Å². The van der Waals surface area contributed by atoms with E-state index in [1.54, 1.807) is 62.4 Å². The quantitative estimate of drug-likeness (QED) is 0.157. The Kier molecular flexibility index (Phi) is 9.62. The molecule has 0 aliphatic rings. The van der Waals surface area contributed by atoms with E-state index in [4.69, 9.17) is 14.5 Å². The number of hydrogen-bond acceptors (Lipinski definition) is 5. The van der Waals surface area contributed by atoms with Gasteiger partial charge in [0.1, 0.15) is 17.4 Å². The molecule has 11 heteroatoms. The number of alkyl halides is 3. The fraction of sp³-hybridized carbons (Fsp3) is 0.323. The van der Waals surface area contributed by atoms with Gasteiger partial charge in [-0.25, -0.2) is 9.37 Å². The van der Waals surface area contributed by atoms with E-state index in [1.165, 1.54) is 9.47 Å². The molecule has 0 radical (unpaired) electrons. The number of fused-ring (bicyclic) bond motifs is 1. The average Bonchev–Trinajstić information content (AvgIpc) is 2.96. The van der Waals surface area contributed by atoms with Crippen molar-refractivity contribution in [3.63, 3.8) is 0 Å². The third-order valence-corrected chi connectivity index (χ3v) is 6.74. The summed E-state index contributed by atoms with van der Waals surface area (Å²) in [6.45, 7) is 6.41.